The number of aliphatic hydroxyl groups excluding tert-OH is 7. The Bertz CT molecular complexity index is 616. The molecule has 3 aliphatic rings. The van der Waals surface area contributed by atoms with Gasteiger partial charge < -0.3 is 76.6 Å². The highest BCUT2D eigenvalue weighted by Crippen LogP contribution is 2.30. The summed E-state index contributed by atoms with van der Waals surface area (Å²) >= 11 is 0. The highest BCUT2D eigenvalue weighted by Gasteiger charge is 2.51. The second kappa shape index (κ2) is 11.4. The number of hydrogen-bond donors (Lipinski definition) is 10. The van der Waals surface area contributed by atoms with Crippen molar-refractivity contribution in [3.8, 4) is 0 Å². The molecule has 14 atom stereocenters. The van der Waals surface area contributed by atoms with E-state index in [0.29, 0.717) is 0 Å². The quantitative estimate of drug-likeness (QED) is 0.160. The predicted molar refractivity (Wildman–Crippen MR) is 106 cm³/mol. The fourth-order valence-corrected chi connectivity index (χ4v) is 4.13. The number of rotatable bonds is 7. The molecule has 3 fully saturated rings. The first-order chi connectivity index (χ1) is 15.6. The highest BCUT2D eigenvalue weighted by molar-refractivity contribution is 4.98. The van der Waals surface area contributed by atoms with Crippen LogP contribution in [0, 0.1) is 0 Å². The summed E-state index contributed by atoms with van der Waals surface area (Å²) in [6.45, 7) is -1.77. The van der Waals surface area contributed by atoms with Crippen LogP contribution in [0.5, 0.6) is 0 Å². The van der Waals surface area contributed by atoms with Crippen molar-refractivity contribution in [1.29, 1.82) is 0 Å². The topological polar surface area (TPSA) is 266 Å². The zero-order valence-electron chi connectivity index (χ0n) is 17.8. The minimum atomic E-state index is -1.50. The highest BCUT2D eigenvalue weighted by atomic mass is 16.7. The second-order valence-electron chi connectivity index (χ2n) is 8.49. The third kappa shape index (κ3) is 5.48. The molecular weight excluding hydrogens is 450 g/mol. The lowest BCUT2D eigenvalue weighted by molar-refractivity contribution is -0.341. The van der Waals surface area contributed by atoms with Crippen LogP contribution < -0.4 is 17.2 Å². The van der Waals surface area contributed by atoms with Crippen LogP contribution in [-0.4, -0.2) is 148 Å². The van der Waals surface area contributed by atoms with Crippen molar-refractivity contribution in [1.82, 2.24) is 0 Å². The average Bonchev–Trinajstić information content (AvgIpc) is 2.81. The lowest BCUT2D eigenvalue weighted by atomic mass is 9.95. The molecule has 0 saturated carbocycles. The lowest BCUT2D eigenvalue weighted by Gasteiger charge is -2.48. The normalized spacial score (nSPS) is 51.5. The van der Waals surface area contributed by atoms with E-state index in [4.69, 9.17) is 40.9 Å². The monoisotopic (exact) mass is 485 g/mol. The van der Waals surface area contributed by atoms with E-state index >= 15 is 0 Å². The van der Waals surface area contributed by atoms with Crippen molar-refractivity contribution in [2.45, 2.75) is 85.6 Å². The van der Waals surface area contributed by atoms with Gasteiger partial charge in [-0.15, -0.1) is 0 Å². The van der Waals surface area contributed by atoms with Gasteiger partial charge in [-0.1, -0.05) is 0 Å². The van der Waals surface area contributed by atoms with Crippen LogP contribution in [0.15, 0.2) is 0 Å². The summed E-state index contributed by atoms with van der Waals surface area (Å²) in [7, 11) is 0. The molecule has 3 rings (SSSR count). The van der Waals surface area contributed by atoms with E-state index in [2.05, 4.69) is 0 Å². The van der Waals surface area contributed by atoms with E-state index in [9.17, 15) is 35.7 Å². The van der Waals surface area contributed by atoms with E-state index in [1.165, 1.54) is 0 Å². The molecule has 33 heavy (non-hydrogen) atoms. The van der Waals surface area contributed by atoms with Gasteiger partial charge in [0.15, 0.2) is 12.6 Å². The van der Waals surface area contributed by atoms with Gasteiger partial charge >= 0.3 is 0 Å². The molecule has 0 aromatic carbocycles. The third-order valence-electron chi connectivity index (χ3n) is 6.24. The summed E-state index contributed by atoms with van der Waals surface area (Å²) in [5, 5.41) is 69.9. The SMILES string of the molecule is NC1[C@H](O[C@H]2C(CO)O[C@@H](O[C@H]3C(CO)OCC(N)[C@H]3O)C(N)[C@H]2O)OC(CO)[C@H](O)[C@@H]1O. The minimum absolute atomic E-state index is 0.00133. The fraction of sp³-hybridized carbons (Fsp3) is 1.00. The summed E-state index contributed by atoms with van der Waals surface area (Å²) in [4.78, 5) is 0. The zero-order valence-corrected chi connectivity index (χ0v) is 17.8. The molecule has 0 amide bonds. The van der Waals surface area contributed by atoms with Gasteiger partial charge in [0.2, 0.25) is 0 Å². The van der Waals surface area contributed by atoms with Crippen molar-refractivity contribution < 1.29 is 59.4 Å². The number of ether oxygens (including phenoxy) is 5. The van der Waals surface area contributed by atoms with Gasteiger partial charge in [-0.2, -0.15) is 0 Å². The van der Waals surface area contributed by atoms with Crippen molar-refractivity contribution in [2.24, 2.45) is 17.2 Å². The molecule has 3 saturated heterocycles. The number of nitrogens with two attached hydrogens (primary N) is 3. The Morgan fingerprint density at radius 2 is 1.12 bits per heavy atom. The summed E-state index contributed by atoms with van der Waals surface area (Å²) < 4.78 is 27.8. The van der Waals surface area contributed by atoms with E-state index in [1.807, 2.05) is 0 Å². The molecule has 3 aliphatic heterocycles. The fourth-order valence-electron chi connectivity index (χ4n) is 4.13. The standard InChI is InChI=1S/C18H35N3O12/c19-5-4-29-7(2-23)15(11(5)25)32-18-10(21)14(28)16(8(3-24)31-18)33-17-9(20)13(27)12(26)6(1-22)30-17/h5-18,22-28H,1-4,19-21H2/t5?,6?,7?,8?,9?,10?,11-,12+,13-,14-,15+,16+,17+,18+/m1/s1. The van der Waals surface area contributed by atoms with Crippen molar-refractivity contribution in [3.05, 3.63) is 0 Å². The van der Waals surface area contributed by atoms with Gasteiger partial charge in [0.25, 0.3) is 0 Å². The molecule has 0 aromatic heterocycles. The zero-order chi connectivity index (χ0) is 24.4. The average molecular weight is 485 g/mol. The van der Waals surface area contributed by atoms with Gasteiger partial charge in [0, 0.05) is 0 Å². The van der Waals surface area contributed by atoms with Gasteiger partial charge in [0.1, 0.15) is 54.9 Å². The van der Waals surface area contributed by atoms with Gasteiger partial charge in [-0.3, -0.25) is 0 Å². The van der Waals surface area contributed by atoms with Crippen LogP contribution in [0.3, 0.4) is 0 Å². The molecule has 0 aliphatic carbocycles. The van der Waals surface area contributed by atoms with E-state index in [1.54, 1.807) is 0 Å². The molecule has 15 nitrogen and oxygen atoms in total. The van der Waals surface area contributed by atoms with Crippen LogP contribution in [-0.2, 0) is 23.7 Å². The molecular formula is C18H35N3O12. The molecule has 6 unspecified atom stereocenters. The Kier molecular flexibility index (Phi) is 9.35. The third-order valence-corrected chi connectivity index (χ3v) is 6.24. The largest absolute Gasteiger partial charge is 0.394 e. The first-order valence-electron chi connectivity index (χ1n) is 10.7. The molecule has 3 heterocycles. The molecule has 15 heteroatoms. The summed E-state index contributed by atoms with van der Waals surface area (Å²) in [6.07, 6.45) is -14.2. The van der Waals surface area contributed by atoms with Crippen LogP contribution in [0.1, 0.15) is 0 Å². The first kappa shape index (κ1) is 27.0. The smallest absolute Gasteiger partial charge is 0.176 e. The Morgan fingerprint density at radius 1 is 0.636 bits per heavy atom. The minimum Gasteiger partial charge on any atom is -0.394 e. The molecule has 0 bridgehead atoms. The maximum atomic E-state index is 10.8. The Balaban J connectivity index is 1.71. The predicted octanol–water partition coefficient (Wildman–Crippen LogP) is -6.99. The van der Waals surface area contributed by atoms with Gasteiger partial charge in [-0.05, 0) is 0 Å². The van der Waals surface area contributed by atoms with E-state index in [0.717, 1.165) is 0 Å². The van der Waals surface area contributed by atoms with Crippen molar-refractivity contribution in [2.75, 3.05) is 26.4 Å². The maximum Gasteiger partial charge on any atom is 0.176 e. The molecule has 194 valence electrons. The van der Waals surface area contributed by atoms with E-state index in [-0.39, 0.29) is 6.61 Å². The van der Waals surface area contributed by atoms with Crippen LogP contribution >= 0.6 is 0 Å². The summed E-state index contributed by atoms with van der Waals surface area (Å²) in [5.41, 5.74) is 17.7. The van der Waals surface area contributed by atoms with Crippen LogP contribution in [0.4, 0.5) is 0 Å². The maximum absolute atomic E-state index is 10.8. The van der Waals surface area contributed by atoms with Gasteiger partial charge in [0.05, 0.1) is 44.6 Å². The second-order valence-corrected chi connectivity index (χ2v) is 8.49. The molecule has 0 aromatic rings. The first-order valence-corrected chi connectivity index (χ1v) is 10.7. The Morgan fingerprint density at radius 3 is 1.67 bits per heavy atom. The lowest BCUT2D eigenvalue weighted by Crippen LogP contribution is -2.68. The Labute approximate surface area is 189 Å². The van der Waals surface area contributed by atoms with Gasteiger partial charge in [-0.25, -0.2) is 0 Å². The van der Waals surface area contributed by atoms with Crippen molar-refractivity contribution >= 4 is 0 Å². The van der Waals surface area contributed by atoms with Crippen molar-refractivity contribution in [3.63, 3.8) is 0 Å². The van der Waals surface area contributed by atoms with Crippen LogP contribution in [0.2, 0.25) is 0 Å². The summed E-state index contributed by atoms with van der Waals surface area (Å²) in [6, 6.07) is -3.30. The molecule has 0 radical (unpaired) electrons. The number of aliphatic hydroxyl groups is 7. The molecule has 13 N–H and O–H groups in total. The Hall–Kier alpha value is -0.600. The molecule has 0 spiro atoms. The summed E-state index contributed by atoms with van der Waals surface area (Å²) in [5.74, 6) is 0. The van der Waals surface area contributed by atoms with E-state index < -0.39 is 105 Å². The number of hydrogen-bond acceptors (Lipinski definition) is 15. The van der Waals surface area contributed by atoms with Crippen LogP contribution in [0.25, 0.3) is 0 Å².